The maximum absolute atomic E-state index is 13.5. The summed E-state index contributed by atoms with van der Waals surface area (Å²) in [4.78, 5) is 11.9. The van der Waals surface area contributed by atoms with Crippen molar-refractivity contribution < 1.29 is 14.3 Å². The number of amides is 2. The van der Waals surface area contributed by atoms with Crippen LogP contribution in [0, 0.1) is 18.2 Å². The molecule has 21 heavy (non-hydrogen) atoms. The molecule has 2 amide bonds. The number of hydrogen-bond donors (Lipinski definition) is 3. The van der Waals surface area contributed by atoms with Gasteiger partial charge in [0, 0.05) is 13.2 Å². The van der Waals surface area contributed by atoms with Crippen LogP contribution >= 0.6 is 0 Å². The second kappa shape index (κ2) is 7.41. The Balaban J connectivity index is 2.52. The molecule has 0 radical (unpaired) electrons. The number of urea groups is 1. The minimum absolute atomic E-state index is 0.0926. The summed E-state index contributed by atoms with van der Waals surface area (Å²) in [5, 5.41) is 14.5. The molecule has 0 aliphatic heterocycles. The summed E-state index contributed by atoms with van der Waals surface area (Å²) in [6.07, 6.45) is 0.617. The molecule has 0 spiro atoms. The van der Waals surface area contributed by atoms with E-state index in [2.05, 4.69) is 10.6 Å². The first-order valence-corrected chi connectivity index (χ1v) is 7.16. The minimum atomic E-state index is -0.297. The molecule has 0 heterocycles. The normalized spacial score (nSPS) is 12.9. The Kier molecular flexibility index (Phi) is 6.15. The number of carbonyl (C=O) groups excluding carboxylic acids is 1. The van der Waals surface area contributed by atoms with E-state index in [1.807, 2.05) is 20.8 Å². The van der Waals surface area contributed by atoms with Crippen LogP contribution in [0.1, 0.15) is 44.4 Å². The van der Waals surface area contributed by atoms with Crippen LogP contribution in [0.15, 0.2) is 18.2 Å². The van der Waals surface area contributed by atoms with E-state index in [1.165, 1.54) is 6.07 Å². The zero-order valence-electron chi connectivity index (χ0n) is 13.2. The molecule has 0 fully saturated rings. The van der Waals surface area contributed by atoms with Gasteiger partial charge in [-0.25, -0.2) is 9.18 Å². The molecular formula is C16H25FN2O2. The van der Waals surface area contributed by atoms with E-state index in [9.17, 15) is 9.18 Å². The van der Waals surface area contributed by atoms with Crippen molar-refractivity contribution in [1.29, 1.82) is 0 Å². The fraction of sp³-hybridized carbons (Fsp3) is 0.562. The van der Waals surface area contributed by atoms with Gasteiger partial charge >= 0.3 is 6.03 Å². The molecule has 1 rings (SSSR count). The van der Waals surface area contributed by atoms with Crippen LogP contribution in [0.4, 0.5) is 9.18 Å². The lowest BCUT2D eigenvalue weighted by molar-refractivity contribution is 0.200. The van der Waals surface area contributed by atoms with Gasteiger partial charge in [-0.1, -0.05) is 26.0 Å². The zero-order chi connectivity index (χ0) is 16.0. The van der Waals surface area contributed by atoms with Crippen molar-refractivity contribution in [1.82, 2.24) is 10.6 Å². The molecule has 4 nitrogen and oxygen atoms in total. The van der Waals surface area contributed by atoms with Crippen molar-refractivity contribution in [3.63, 3.8) is 0 Å². The van der Waals surface area contributed by atoms with Crippen LogP contribution in [0.25, 0.3) is 0 Å². The predicted octanol–water partition coefficient (Wildman–Crippen LogP) is 2.90. The quantitative estimate of drug-likeness (QED) is 0.756. The van der Waals surface area contributed by atoms with E-state index in [0.29, 0.717) is 18.5 Å². The highest BCUT2D eigenvalue weighted by atomic mass is 19.1. The van der Waals surface area contributed by atoms with E-state index in [-0.39, 0.29) is 29.9 Å². The lowest BCUT2D eigenvalue weighted by atomic mass is 9.90. The molecule has 0 bridgehead atoms. The molecule has 0 saturated heterocycles. The summed E-state index contributed by atoms with van der Waals surface area (Å²) in [6.45, 7) is 8.02. The molecule has 0 aliphatic rings. The lowest BCUT2D eigenvalue weighted by Crippen LogP contribution is -2.41. The van der Waals surface area contributed by atoms with Crippen LogP contribution in [-0.2, 0) is 0 Å². The summed E-state index contributed by atoms with van der Waals surface area (Å²) < 4.78 is 13.5. The van der Waals surface area contributed by atoms with Crippen molar-refractivity contribution in [3.8, 4) is 0 Å². The maximum Gasteiger partial charge on any atom is 0.315 e. The first kappa shape index (κ1) is 17.4. The van der Waals surface area contributed by atoms with Gasteiger partial charge in [0.2, 0.25) is 0 Å². The number of rotatable bonds is 6. The van der Waals surface area contributed by atoms with Crippen molar-refractivity contribution in [3.05, 3.63) is 35.1 Å². The van der Waals surface area contributed by atoms with E-state index in [0.717, 1.165) is 5.56 Å². The Morgan fingerprint density at radius 3 is 2.67 bits per heavy atom. The number of halogens is 1. The largest absolute Gasteiger partial charge is 0.396 e. The SMILES string of the molecule is Cc1ccc(C(C)NC(=O)NCC(C)(C)CCO)cc1F. The molecule has 1 atom stereocenters. The summed E-state index contributed by atoms with van der Waals surface area (Å²) in [5.41, 5.74) is 1.15. The molecular weight excluding hydrogens is 271 g/mol. The highest BCUT2D eigenvalue weighted by molar-refractivity contribution is 5.74. The lowest BCUT2D eigenvalue weighted by Gasteiger charge is -2.24. The minimum Gasteiger partial charge on any atom is -0.396 e. The Morgan fingerprint density at radius 2 is 2.10 bits per heavy atom. The molecule has 1 aromatic rings. The highest BCUT2D eigenvalue weighted by Gasteiger charge is 2.19. The van der Waals surface area contributed by atoms with Gasteiger partial charge in [0.25, 0.3) is 0 Å². The molecule has 0 aliphatic carbocycles. The average Bonchev–Trinajstić information content (AvgIpc) is 2.39. The molecule has 118 valence electrons. The van der Waals surface area contributed by atoms with Gasteiger partial charge in [0.15, 0.2) is 0 Å². The molecule has 0 saturated carbocycles. The van der Waals surface area contributed by atoms with Crippen molar-refractivity contribution >= 4 is 6.03 Å². The predicted molar refractivity (Wildman–Crippen MR) is 81.6 cm³/mol. The number of hydrogen-bond acceptors (Lipinski definition) is 2. The van der Waals surface area contributed by atoms with Gasteiger partial charge in [0.05, 0.1) is 6.04 Å². The third-order valence-electron chi connectivity index (χ3n) is 3.56. The topological polar surface area (TPSA) is 61.4 Å². The Hall–Kier alpha value is -1.62. The standard InChI is InChI=1S/C16H25FN2O2/c1-11-5-6-13(9-14(11)17)12(2)19-15(21)18-10-16(3,4)7-8-20/h5-6,9,12,20H,7-8,10H2,1-4H3,(H2,18,19,21). The fourth-order valence-corrected chi connectivity index (χ4v) is 1.92. The monoisotopic (exact) mass is 296 g/mol. The summed E-state index contributed by atoms with van der Waals surface area (Å²) in [6, 6.07) is 4.37. The molecule has 0 aromatic heterocycles. The van der Waals surface area contributed by atoms with Gasteiger partial charge < -0.3 is 15.7 Å². The zero-order valence-corrected chi connectivity index (χ0v) is 13.2. The van der Waals surface area contributed by atoms with E-state index in [1.54, 1.807) is 19.1 Å². The van der Waals surface area contributed by atoms with Gasteiger partial charge in [-0.2, -0.15) is 0 Å². The second-order valence-electron chi connectivity index (χ2n) is 6.20. The van der Waals surface area contributed by atoms with Crippen LogP contribution in [-0.4, -0.2) is 24.3 Å². The van der Waals surface area contributed by atoms with E-state index >= 15 is 0 Å². The molecule has 1 aromatic carbocycles. The average molecular weight is 296 g/mol. The number of nitrogens with one attached hydrogen (secondary N) is 2. The van der Waals surface area contributed by atoms with Crippen molar-refractivity contribution in [2.75, 3.05) is 13.2 Å². The number of benzene rings is 1. The Morgan fingerprint density at radius 1 is 1.43 bits per heavy atom. The Labute approximate surface area is 125 Å². The summed E-state index contributed by atoms with van der Waals surface area (Å²) in [7, 11) is 0. The molecule has 1 unspecified atom stereocenters. The van der Waals surface area contributed by atoms with Crippen LogP contribution in [0.2, 0.25) is 0 Å². The van der Waals surface area contributed by atoms with Gasteiger partial charge in [-0.3, -0.25) is 0 Å². The van der Waals surface area contributed by atoms with Crippen molar-refractivity contribution in [2.24, 2.45) is 5.41 Å². The number of aliphatic hydroxyl groups is 1. The Bertz CT molecular complexity index is 489. The molecule has 3 N–H and O–H groups in total. The first-order valence-electron chi connectivity index (χ1n) is 7.16. The van der Waals surface area contributed by atoms with E-state index in [4.69, 9.17) is 5.11 Å². The smallest absolute Gasteiger partial charge is 0.315 e. The first-order chi connectivity index (χ1) is 9.75. The van der Waals surface area contributed by atoms with Crippen molar-refractivity contribution in [2.45, 2.75) is 40.2 Å². The third kappa shape index (κ3) is 5.71. The van der Waals surface area contributed by atoms with Gasteiger partial charge in [0.1, 0.15) is 5.82 Å². The maximum atomic E-state index is 13.5. The second-order valence-corrected chi connectivity index (χ2v) is 6.20. The van der Waals surface area contributed by atoms with Crippen LogP contribution in [0.3, 0.4) is 0 Å². The van der Waals surface area contributed by atoms with E-state index < -0.39 is 0 Å². The fourth-order valence-electron chi connectivity index (χ4n) is 1.92. The third-order valence-corrected chi connectivity index (χ3v) is 3.56. The number of aryl methyl sites for hydroxylation is 1. The number of carbonyl (C=O) groups is 1. The number of aliphatic hydroxyl groups excluding tert-OH is 1. The summed E-state index contributed by atoms with van der Waals surface area (Å²) in [5.74, 6) is -0.273. The summed E-state index contributed by atoms with van der Waals surface area (Å²) >= 11 is 0. The highest BCUT2D eigenvalue weighted by Crippen LogP contribution is 2.18. The van der Waals surface area contributed by atoms with Crippen LogP contribution < -0.4 is 10.6 Å². The van der Waals surface area contributed by atoms with Gasteiger partial charge in [-0.15, -0.1) is 0 Å². The van der Waals surface area contributed by atoms with Gasteiger partial charge in [-0.05, 0) is 42.9 Å². The van der Waals surface area contributed by atoms with Crippen LogP contribution in [0.5, 0.6) is 0 Å². The molecule has 5 heteroatoms.